The minimum atomic E-state index is -0.703. The number of esters is 1. The van der Waals surface area contributed by atoms with Crippen LogP contribution in [-0.4, -0.2) is 25.6 Å². The second kappa shape index (κ2) is 9.61. The van der Waals surface area contributed by atoms with Crippen LogP contribution in [0.15, 0.2) is 72.8 Å². The summed E-state index contributed by atoms with van der Waals surface area (Å²) in [6.07, 6.45) is 0. The predicted molar refractivity (Wildman–Crippen MR) is 110 cm³/mol. The van der Waals surface area contributed by atoms with E-state index in [-0.39, 0.29) is 5.56 Å². The summed E-state index contributed by atoms with van der Waals surface area (Å²) in [4.78, 5) is 24.3. The molecule has 0 radical (unpaired) electrons. The third kappa shape index (κ3) is 5.73. The highest BCUT2D eigenvalue weighted by Crippen LogP contribution is 2.24. The lowest BCUT2D eigenvalue weighted by Crippen LogP contribution is -2.21. The van der Waals surface area contributed by atoms with E-state index in [1.807, 2.05) is 30.3 Å². The number of carbonyl (C=O) groups excluding carboxylic acids is 2. The highest BCUT2D eigenvalue weighted by atomic mass is 35.5. The average molecular weight is 412 g/mol. The maximum atomic E-state index is 12.2. The van der Waals surface area contributed by atoms with E-state index in [1.54, 1.807) is 36.4 Å². The van der Waals surface area contributed by atoms with E-state index in [1.165, 1.54) is 13.2 Å². The van der Waals surface area contributed by atoms with Crippen molar-refractivity contribution in [3.8, 4) is 17.2 Å². The predicted octanol–water partition coefficient (Wildman–Crippen LogP) is 4.94. The molecule has 0 aromatic heterocycles. The van der Waals surface area contributed by atoms with Crippen molar-refractivity contribution in [2.24, 2.45) is 0 Å². The van der Waals surface area contributed by atoms with Gasteiger partial charge >= 0.3 is 5.97 Å². The lowest BCUT2D eigenvalue weighted by atomic mass is 10.2. The molecule has 7 heteroatoms. The van der Waals surface area contributed by atoms with Crippen LogP contribution in [0.4, 0.5) is 5.69 Å². The molecule has 3 rings (SSSR count). The molecule has 0 atom stereocenters. The molecule has 3 aromatic carbocycles. The fraction of sp³-hybridized carbons (Fsp3) is 0.0909. The van der Waals surface area contributed by atoms with Gasteiger partial charge in [0.05, 0.1) is 7.11 Å². The lowest BCUT2D eigenvalue weighted by molar-refractivity contribution is -0.119. The SMILES string of the molecule is COc1ccc(Cl)cc1C(=O)OCC(=O)Nc1ccc(Oc2ccccc2)cc1. The van der Waals surface area contributed by atoms with Crippen molar-refractivity contribution in [1.29, 1.82) is 0 Å². The monoisotopic (exact) mass is 411 g/mol. The van der Waals surface area contributed by atoms with Crippen LogP contribution in [0.5, 0.6) is 17.2 Å². The lowest BCUT2D eigenvalue weighted by Gasteiger charge is -2.10. The molecule has 0 unspecified atom stereocenters. The first-order valence-corrected chi connectivity index (χ1v) is 9.06. The number of hydrogen-bond acceptors (Lipinski definition) is 5. The minimum absolute atomic E-state index is 0.148. The molecular formula is C22H18ClNO5. The van der Waals surface area contributed by atoms with Crippen molar-refractivity contribution in [3.05, 3.63) is 83.4 Å². The van der Waals surface area contributed by atoms with Gasteiger partial charge in [-0.3, -0.25) is 4.79 Å². The second-order valence-corrected chi connectivity index (χ2v) is 6.34. The fourth-order valence-corrected chi connectivity index (χ4v) is 2.65. The summed E-state index contributed by atoms with van der Waals surface area (Å²) >= 11 is 5.90. The van der Waals surface area contributed by atoms with Crippen LogP contribution < -0.4 is 14.8 Å². The Kier molecular flexibility index (Phi) is 6.71. The van der Waals surface area contributed by atoms with Crippen LogP contribution in [0, 0.1) is 0 Å². The molecule has 0 aliphatic carbocycles. The quantitative estimate of drug-likeness (QED) is 0.557. The number of rotatable bonds is 7. The largest absolute Gasteiger partial charge is 0.496 e. The summed E-state index contributed by atoms with van der Waals surface area (Å²) in [7, 11) is 1.43. The summed E-state index contributed by atoms with van der Waals surface area (Å²) in [5.74, 6) is 0.484. The van der Waals surface area contributed by atoms with Gasteiger partial charge < -0.3 is 19.5 Å². The van der Waals surface area contributed by atoms with Crippen molar-refractivity contribution in [2.75, 3.05) is 19.0 Å². The summed E-state index contributed by atoms with van der Waals surface area (Å²) in [6, 6.07) is 20.8. The number of anilines is 1. The van der Waals surface area contributed by atoms with Gasteiger partial charge in [-0.05, 0) is 54.6 Å². The first kappa shape index (κ1) is 20.2. The Labute approximate surface area is 173 Å². The molecule has 0 aliphatic rings. The molecule has 0 aliphatic heterocycles. The Morgan fingerprint density at radius 1 is 0.931 bits per heavy atom. The van der Waals surface area contributed by atoms with Crippen LogP contribution in [0.3, 0.4) is 0 Å². The van der Waals surface area contributed by atoms with Gasteiger partial charge in [0, 0.05) is 10.7 Å². The van der Waals surface area contributed by atoms with Crippen molar-refractivity contribution in [3.63, 3.8) is 0 Å². The third-order valence-corrected chi connectivity index (χ3v) is 4.07. The van der Waals surface area contributed by atoms with Crippen molar-refractivity contribution in [2.45, 2.75) is 0 Å². The number of benzene rings is 3. The molecule has 6 nitrogen and oxygen atoms in total. The van der Waals surface area contributed by atoms with Gasteiger partial charge in [-0.1, -0.05) is 29.8 Å². The zero-order chi connectivity index (χ0) is 20.6. The summed E-state index contributed by atoms with van der Waals surface area (Å²) in [6.45, 7) is -0.448. The van der Waals surface area contributed by atoms with E-state index in [0.717, 1.165) is 0 Å². The van der Waals surface area contributed by atoms with Gasteiger partial charge in [-0.15, -0.1) is 0 Å². The standard InChI is InChI=1S/C22H18ClNO5/c1-27-20-12-7-15(23)13-19(20)22(26)28-14-21(25)24-16-8-10-18(11-9-16)29-17-5-3-2-4-6-17/h2-13H,14H2,1H3,(H,24,25). The van der Waals surface area contributed by atoms with Gasteiger partial charge in [0.1, 0.15) is 22.8 Å². The Bertz CT molecular complexity index is 990. The number of nitrogens with one attached hydrogen (secondary N) is 1. The van der Waals surface area contributed by atoms with Gasteiger partial charge in [0.2, 0.25) is 0 Å². The molecule has 1 amide bonds. The maximum absolute atomic E-state index is 12.2. The average Bonchev–Trinajstić information content (AvgIpc) is 2.74. The molecule has 0 bridgehead atoms. The molecule has 0 heterocycles. The highest BCUT2D eigenvalue weighted by Gasteiger charge is 2.16. The van der Waals surface area contributed by atoms with Crippen LogP contribution in [0.2, 0.25) is 5.02 Å². The second-order valence-electron chi connectivity index (χ2n) is 5.91. The van der Waals surface area contributed by atoms with Gasteiger partial charge in [0.25, 0.3) is 5.91 Å². The van der Waals surface area contributed by atoms with Crippen LogP contribution >= 0.6 is 11.6 Å². The number of methoxy groups -OCH3 is 1. The molecule has 0 fully saturated rings. The molecular weight excluding hydrogens is 394 g/mol. The van der Waals surface area contributed by atoms with E-state index in [4.69, 9.17) is 25.8 Å². The number of amides is 1. The topological polar surface area (TPSA) is 73.9 Å². The van der Waals surface area contributed by atoms with Crippen molar-refractivity contribution < 1.29 is 23.8 Å². The van der Waals surface area contributed by atoms with Crippen LogP contribution in [0.25, 0.3) is 0 Å². The molecule has 29 heavy (non-hydrogen) atoms. The van der Waals surface area contributed by atoms with E-state index in [9.17, 15) is 9.59 Å². The zero-order valence-electron chi connectivity index (χ0n) is 15.6. The van der Waals surface area contributed by atoms with Crippen molar-refractivity contribution in [1.82, 2.24) is 0 Å². The fourth-order valence-electron chi connectivity index (χ4n) is 2.48. The van der Waals surface area contributed by atoms with Crippen molar-refractivity contribution >= 4 is 29.2 Å². The minimum Gasteiger partial charge on any atom is -0.496 e. The molecule has 148 valence electrons. The molecule has 0 saturated heterocycles. The zero-order valence-corrected chi connectivity index (χ0v) is 16.3. The van der Waals surface area contributed by atoms with E-state index < -0.39 is 18.5 Å². The number of halogens is 1. The van der Waals surface area contributed by atoms with Gasteiger partial charge in [0.15, 0.2) is 6.61 Å². The molecule has 3 aromatic rings. The maximum Gasteiger partial charge on any atom is 0.342 e. The van der Waals surface area contributed by atoms with Crippen LogP contribution in [-0.2, 0) is 9.53 Å². The molecule has 0 saturated carbocycles. The molecule has 1 N–H and O–H groups in total. The Hall–Kier alpha value is -3.51. The van der Waals surface area contributed by atoms with Gasteiger partial charge in [-0.25, -0.2) is 4.79 Å². The smallest absolute Gasteiger partial charge is 0.342 e. The Morgan fingerprint density at radius 2 is 1.62 bits per heavy atom. The summed E-state index contributed by atoms with van der Waals surface area (Å²) < 4.78 is 15.8. The normalized spacial score (nSPS) is 10.1. The number of ether oxygens (including phenoxy) is 3. The highest BCUT2D eigenvalue weighted by molar-refractivity contribution is 6.31. The Balaban J connectivity index is 1.53. The number of carbonyl (C=O) groups is 2. The van der Waals surface area contributed by atoms with E-state index >= 15 is 0 Å². The summed E-state index contributed by atoms with van der Waals surface area (Å²) in [5, 5.41) is 3.01. The first-order valence-electron chi connectivity index (χ1n) is 8.68. The van der Waals surface area contributed by atoms with E-state index in [2.05, 4.69) is 5.32 Å². The Morgan fingerprint density at radius 3 is 2.31 bits per heavy atom. The third-order valence-electron chi connectivity index (χ3n) is 3.83. The van der Waals surface area contributed by atoms with E-state index in [0.29, 0.717) is 28.0 Å². The van der Waals surface area contributed by atoms with Crippen LogP contribution in [0.1, 0.15) is 10.4 Å². The van der Waals surface area contributed by atoms with Gasteiger partial charge in [-0.2, -0.15) is 0 Å². The molecule has 0 spiro atoms. The summed E-state index contributed by atoms with van der Waals surface area (Å²) in [5.41, 5.74) is 0.696. The first-order chi connectivity index (χ1) is 14.0. The number of hydrogen-bond donors (Lipinski definition) is 1. The number of para-hydroxylation sites is 1.